The highest BCUT2D eigenvalue weighted by atomic mass is 32.2. The zero-order chi connectivity index (χ0) is 16.6. The molecular weight excluding hydrogens is 315 g/mol. The van der Waals surface area contributed by atoms with Crippen LogP contribution in [0.2, 0.25) is 0 Å². The molecule has 0 amide bonds. The van der Waals surface area contributed by atoms with E-state index in [4.69, 9.17) is 5.73 Å². The van der Waals surface area contributed by atoms with Gasteiger partial charge in [-0.3, -0.25) is 0 Å². The molecule has 1 heterocycles. The number of aryl methyl sites for hydroxylation is 1. The molecule has 1 fully saturated rings. The first-order valence-electron chi connectivity index (χ1n) is 7.46. The highest BCUT2D eigenvalue weighted by Gasteiger charge is 2.38. The summed E-state index contributed by atoms with van der Waals surface area (Å²) >= 11 is 0. The number of sulfonamides is 1. The number of benzene rings is 2. The van der Waals surface area contributed by atoms with Crippen LogP contribution in [0.4, 0.5) is 4.39 Å². The lowest BCUT2D eigenvalue weighted by Gasteiger charge is -2.17. The van der Waals surface area contributed by atoms with Crippen molar-refractivity contribution in [2.24, 2.45) is 5.73 Å². The van der Waals surface area contributed by atoms with E-state index in [2.05, 4.69) is 0 Å². The Hall–Kier alpha value is -1.76. The Morgan fingerprint density at radius 1 is 1.13 bits per heavy atom. The van der Waals surface area contributed by atoms with Crippen molar-refractivity contribution >= 4 is 10.0 Å². The van der Waals surface area contributed by atoms with Gasteiger partial charge in [0, 0.05) is 25.0 Å². The normalized spacial score (nSPS) is 22.4. The van der Waals surface area contributed by atoms with E-state index >= 15 is 0 Å². The van der Waals surface area contributed by atoms with Crippen LogP contribution in [0.5, 0.6) is 0 Å². The van der Waals surface area contributed by atoms with E-state index < -0.39 is 15.8 Å². The fraction of sp³-hybridized carbons (Fsp3) is 0.294. The molecule has 6 heteroatoms. The summed E-state index contributed by atoms with van der Waals surface area (Å²) in [7, 11) is -3.67. The van der Waals surface area contributed by atoms with Crippen LogP contribution < -0.4 is 5.73 Å². The van der Waals surface area contributed by atoms with Crippen LogP contribution in [-0.2, 0) is 10.0 Å². The van der Waals surface area contributed by atoms with Crippen LogP contribution in [0.15, 0.2) is 53.4 Å². The predicted octanol–water partition coefficient (Wildman–Crippen LogP) is 2.25. The van der Waals surface area contributed by atoms with Gasteiger partial charge in [-0.25, -0.2) is 12.8 Å². The molecular formula is C17H19FN2O2S. The van der Waals surface area contributed by atoms with Gasteiger partial charge in [0.2, 0.25) is 10.0 Å². The van der Waals surface area contributed by atoms with Crippen LogP contribution in [0.3, 0.4) is 0 Å². The van der Waals surface area contributed by atoms with Gasteiger partial charge < -0.3 is 5.73 Å². The van der Waals surface area contributed by atoms with Crippen molar-refractivity contribution in [3.63, 3.8) is 0 Å². The molecule has 1 saturated heterocycles. The molecule has 0 spiro atoms. The number of rotatable bonds is 3. The molecule has 0 unspecified atom stereocenters. The Morgan fingerprint density at radius 2 is 1.83 bits per heavy atom. The molecule has 0 aromatic heterocycles. The smallest absolute Gasteiger partial charge is 0.243 e. The third kappa shape index (κ3) is 3.02. The predicted molar refractivity (Wildman–Crippen MR) is 87.1 cm³/mol. The highest BCUT2D eigenvalue weighted by Crippen LogP contribution is 2.30. The molecule has 4 nitrogen and oxygen atoms in total. The Kier molecular flexibility index (Phi) is 4.23. The Balaban J connectivity index is 1.88. The zero-order valence-corrected chi connectivity index (χ0v) is 13.6. The first-order chi connectivity index (χ1) is 10.9. The van der Waals surface area contributed by atoms with E-state index in [9.17, 15) is 12.8 Å². The summed E-state index contributed by atoms with van der Waals surface area (Å²) < 4.78 is 40.3. The largest absolute Gasteiger partial charge is 0.326 e. The van der Waals surface area contributed by atoms with E-state index in [-0.39, 0.29) is 23.4 Å². The van der Waals surface area contributed by atoms with Crippen LogP contribution in [0, 0.1) is 12.7 Å². The molecule has 2 aromatic rings. The molecule has 3 rings (SSSR count). The van der Waals surface area contributed by atoms with Crippen molar-refractivity contribution in [2.45, 2.75) is 23.8 Å². The summed E-state index contributed by atoms with van der Waals surface area (Å²) in [5.74, 6) is -0.447. The Morgan fingerprint density at radius 3 is 2.48 bits per heavy atom. The molecule has 1 aliphatic rings. The van der Waals surface area contributed by atoms with Crippen molar-refractivity contribution < 1.29 is 12.8 Å². The van der Waals surface area contributed by atoms with Crippen molar-refractivity contribution in [1.82, 2.24) is 4.31 Å². The molecule has 2 atom stereocenters. The lowest BCUT2D eigenvalue weighted by atomic mass is 9.95. The maximum absolute atomic E-state index is 13.4. The summed E-state index contributed by atoms with van der Waals surface area (Å²) in [5.41, 5.74) is 7.51. The molecule has 2 aromatic carbocycles. The first-order valence-corrected chi connectivity index (χ1v) is 8.90. The third-order valence-electron chi connectivity index (χ3n) is 4.33. The lowest BCUT2D eigenvalue weighted by molar-refractivity contribution is 0.470. The second kappa shape index (κ2) is 6.03. The number of nitrogens with two attached hydrogens (primary N) is 1. The minimum Gasteiger partial charge on any atom is -0.326 e. The summed E-state index contributed by atoms with van der Waals surface area (Å²) in [5, 5.41) is 0. The molecule has 0 radical (unpaired) electrons. The third-order valence-corrected chi connectivity index (χ3v) is 6.15. The summed E-state index contributed by atoms with van der Waals surface area (Å²) in [4.78, 5) is 0.109. The average molecular weight is 334 g/mol. The van der Waals surface area contributed by atoms with Gasteiger partial charge in [-0.1, -0.05) is 30.3 Å². The summed E-state index contributed by atoms with van der Waals surface area (Å²) in [6, 6.07) is 13.3. The van der Waals surface area contributed by atoms with Crippen molar-refractivity contribution in [2.75, 3.05) is 13.1 Å². The Labute approximate surface area is 135 Å². The quantitative estimate of drug-likeness (QED) is 0.936. The molecule has 0 bridgehead atoms. The van der Waals surface area contributed by atoms with Gasteiger partial charge in [0.25, 0.3) is 0 Å². The number of hydrogen-bond donors (Lipinski definition) is 1. The van der Waals surface area contributed by atoms with Gasteiger partial charge in [0.1, 0.15) is 5.82 Å². The number of nitrogens with zero attached hydrogens (tertiary/aromatic N) is 1. The second-order valence-corrected chi connectivity index (χ2v) is 7.85. The molecule has 23 heavy (non-hydrogen) atoms. The van der Waals surface area contributed by atoms with Crippen LogP contribution in [0.1, 0.15) is 17.0 Å². The number of hydrogen-bond acceptors (Lipinski definition) is 3. The fourth-order valence-corrected chi connectivity index (χ4v) is 4.56. The minimum atomic E-state index is -3.67. The van der Waals surface area contributed by atoms with Crippen molar-refractivity contribution in [1.29, 1.82) is 0 Å². The van der Waals surface area contributed by atoms with E-state index in [1.54, 1.807) is 6.92 Å². The van der Waals surface area contributed by atoms with Crippen LogP contribution in [-0.4, -0.2) is 31.9 Å². The van der Waals surface area contributed by atoms with Crippen LogP contribution in [0.25, 0.3) is 0 Å². The second-order valence-electron chi connectivity index (χ2n) is 5.91. The molecule has 2 N–H and O–H groups in total. The monoisotopic (exact) mass is 334 g/mol. The highest BCUT2D eigenvalue weighted by molar-refractivity contribution is 7.89. The van der Waals surface area contributed by atoms with Crippen molar-refractivity contribution in [3.05, 3.63) is 65.5 Å². The van der Waals surface area contributed by atoms with Gasteiger partial charge in [-0.2, -0.15) is 4.31 Å². The molecule has 0 saturated carbocycles. The van der Waals surface area contributed by atoms with Gasteiger partial charge in [0.15, 0.2) is 0 Å². The van der Waals surface area contributed by atoms with Gasteiger partial charge in [-0.05, 0) is 36.2 Å². The topological polar surface area (TPSA) is 63.4 Å². The summed E-state index contributed by atoms with van der Waals surface area (Å²) in [6.45, 7) is 2.15. The molecule has 1 aliphatic heterocycles. The van der Waals surface area contributed by atoms with E-state index in [0.717, 1.165) is 5.56 Å². The standard InChI is InChI=1S/C17H19FN2O2S/c1-12-9-14(7-8-16(12)18)23(21,22)20-10-15(17(19)11-20)13-5-3-2-4-6-13/h2-9,15,17H,10-11,19H2,1H3/t15-,17+/m0/s1. The lowest BCUT2D eigenvalue weighted by Crippen LogP contribution is -2.32. The minimum absolute atomic E-state index is 0.0347. The van der Waals surface area contributed by atoms with Crippen molar-refractivity contribution in [3.8, 4) is 0 Å². The average Bonchev–Trinajstić information content (AvgIpc) is 2.93. The van der Waals surface area contributed by atoms with Gasteiger partial charge >= 0.3 is 0 Å². The van der Waals surface area contributed by atoms with E-state index in [1.807, 2.05) is 30.3 Å². The van der Waals surface area contributed by atoms with E-state index in [0.29, 0.717) is 12.1 Å². The maximum Gasteiger partial charge on any atom is 0.243 e. The number of halogens is 1. The summed E-state index contributed by atoms with van der Waals surface area (Å²) in [6.07, 6.45) is 0. The fourth-order valence-electron chi connectivity index (χ4n) is 2.97. The van der Waals surface area contributed by atoms with E-state index in [1.165, 1.54) is 22.5 Å². The molecule has 122 valence electrons. The Bertz CT molecular complexity index is 809. The molecule has 0 aliphatic carbocycles. The zero-order valence-electron chi connectivity index (χ0n) is 12.8. The first kappa shape index (κ1) is 16.1. The van der Waals surface area contributed by atoms with Gasteiger partial charge in [-0.15, -0.1) is 0 Å². The SMILES string of the molecule is Cc1cc(S(=O)(=O)N2C[C@@H](N)[C@H](c3ccccc3)C2)ccc1F. The van der Waals surface area contributed by atoms with Gasteiger partial charge in [0.05, 0.1) is 4.90 Å². The maximum atomic E-state index is 13.4. The van der Waals surface area contributed by atoms with Crippen LogP contribution >= 0.6 is 0 Å².